The van der Waals surface area contributed by atoms with Gasteiger partial charge in [0.05, 0.1) is 17.6 Å². The van der Waals surface area contributed by atoms with Crippen LogP contribution in [0.5, 0.6) is 0 Å². The van der Waals surface area contributed by atoms with Gasteiger partial charge in [0.2, 0.25) is 10.7 Å². The fourth-order valence-electron chi connectivity index (χ4n) is 2.17. The van der Waals surface area contributed by atoms with Crippen LogP contribution in [0.1, 0.15) is 18.3 Å². The molecule has 0 bridgehead atoms. The van der Waals surface area contributed by atoms with Crippen LogP contribution in [0, 0.1) is 17.5 Å². The number of aromatic nitrogens is 4. The van der Waals surface area contributed by atoms with E-state index in [2.05, 4.69) is 20.3 Å². The van der Waals surface area contributed by atoms with Crippen molar-refractivity contribution in [2.45, 2.75) is 13.8 Å². The van der Waals surface area contributed by atoms with Gasteiger partial charge in [0.1, 0.15) is 11.5 Å². The molecule has 0 aliphatic carbocycles. The zero-order valence-electron chi connectivity index (χ0n) is 14.2. The molecule has 1 aromatic carbocycles. The van der Waals surface area contributed by atoms with Crippen LogP contribution in [0.25, 0.3) is 0 Å². The molecule has 0 spiro atoms. The number of anilines is 2. The van der Waals surface area contributed by atoms with Crippen molar-refractivity contribution >= 4 is 46.5 Å². The first-order chi connectivity index (χ1) is 12.9. The van der Waals surface area contributed by atoms with Gasteiger partial charge in [0.25, 0.3) is 5.56 Å². The molecule has 8 nitrogen and oxygen atoms in total. The first-order valence-corrected chi connectivity index (χ1v) is 8.90. The van der Waals surface area contributed by atoms with Crippen LogP contribution < -0.4 is 10.5 Å². The lowest BCUT2D eigenvalue weighted by Crippen LogP contribution is -2.23. The Bertz CT molecular complexity index is 1150. The highest BCUT2D eigenvalue weighted by atomic mass is 32.1. The second kappa shape index (κ2) is 7.68. The van der Waals surface area contributed by atoms with Crippen molar-refractivity contribution < 1.29 is 9.18 Å². The smallest absolute Gasteiger partial charge is 0.274 e. The van der Waals surface area contributed by atoms with Crippen molar-refractivity contribution in [3.05, 3.63) is 62.0 Å². The molecule has 0 saturated heterocycles. The molecule has 1 amide bonds. The van der Waals surface area contributed by atoms with E-state index in [0.717, 1.165) is 16.0 Å². The Morgan fingerprint density at radius 2 is 2.19 bits per heavy atom. The van der Waals surface area contributed by atoms with Crippen LogP contribution in [-0.2, 0) is 4.79 Å². The third-order valence-electron chi connectivity index (χ3n) is 3.43. The van der Waals surface area contributed by atoms with Crippen LogP contribution in [-0.4, -0.2) is 32.0 Å². The molecule has 0 radical (unpaired) electrons. The van der Waals surface area contributed by atoms with Crippen molar-refractivity contribution in [3.8, 4) is 0 Å². The highest BCUT2D eigenvalue weighted by Gasteiger charge is 2.20. The first-order valence-electron chi connectivity index (χ1n) is 7.62. The number of para-hydroxylation sites is 1. The number of rotatable bonds is 4. The summed E-state index contributed by atoms with van der Waals surface area (Å²) in [5.74, 6) is -0.926. The van der Waals surface area contributed by atoms with Crippen molar-refractivity contribution in [2.24, 2.45) is 5.10 Å². The number of aryl methyl sites for hydroxylation is 1. The molecular weight excluding hydrogens is 391 g/mol. The van der Waals surface area contributed by atoms with E-state index in [0.29, 0.717) is 5.69 Å². The van der Waals surface area contributed by atoms with Gasteiger partial charge in [-0.05, 0) is 31.3 Å². The lowest BCUT2D eigenvalue weighted by molar-refractivity contribution is -0.115. The van der Waals surface area contributed by atoms with E-state index in [1.54, 1.807) is 11.4 Å². The standard InChI is InChI=1S/C16H13FN6O2S2/c1-9-14(25)23(15(26)21-20-9)18-7-11-8-27-16(19-11)22(10(2)24)13-6-4-3-5-12(13)17/h3-8H,1-2H3,(H,21,26)/b18-7-. The summed E-state index contributed by atoms with van der Waals surface area (Å²) >= 11 is 6.13. The number of aromatic amines is 1. The molecule has 0 aliphatic rings. The molecule has 0 unspecified atom stereocenters. The lowest BCUT2D eigenvalue weighted by atomic mass is 10.3. The van der Waals surface area contributed by atoms with E-state index < -0.39 is 11.4 Å². The van der Waals surface area contributed by atoms with Gasteiger partial charge in [-0.15, -0.1) is 11.3 Å². The Labute approximate surface area is 161 Å². The zero-order chi connectivity index (χ0) is 19.6. The highest BCUT2D eigenvalue weighted by Crippen LogP contribution is 2.30. The average Bonchev–Trinajstić information content (AvgIpc) is 3.08. The first kappa shape index (κ1) is 18.7. The molecule has 138 valence electrons. The summed E-state index contributed by atoms with van der Waals surface area (Å²) in [6.07, 6.45) is 1.32. The van der Waals surface area contributed by atoms with E-state index in [1.165, 1.54) is 43.2 Å². The molecule has 11 heteroatoms. The number of halogens is 1. The summed E-state index contributed by atoms with van der Waals surface area (Å²) in [5.41, 5.74) is 0.240. The molecule has 1 N–H and O–H groups in total. The fraction of sp³-hybridized carbons (Fsp3) is 0.125. The highest BCUT2D eigenvalue weighted by molar-refractivity contribution is 7.71. The monoisotopic (exact) mass is 404 g/mol. The number of benzene rings is 1. The summed E-state index contributed by atoms with van der Waals surface area (Å²) in [7, 11) is 0. The van der Waals surface area contributed by atoms with Crippen molar-refractivity contribution in [2.75, 3.05) is 4.90 Å². The number of amides is 1. The maximum absolute atomic E-state index is 14.1. The second-order valence-corrected chi connectivity index (χ2v) is 6.56. The van der Waals surface area contributed by atoms with Gasteiger partial charge in [-0.3, -0.25) is 19.6 Å². The van der Waals surface area contributed by atoms with Gasteiger partial charge >= 0.3 is 0 Å². The molecule has 0 saturated carbocycles. The SMILES string of the molecule is CC(=O)N(c1nc(/C=N\n2c(=S)[nH]nc(C)c2=O)cs1)c1ccccc1F. The lowest BCUT2D eigenvalue weighted by Gasteiger charge is -2.18. The summed E-state index contributed by atoms with van der Waals surface area (Å²) in [6.45, 7) is 2.85. The van der Waals surface area contributed by atoms with E-state index in [9.17, 15) is 14.0 Å². The van der Waals surface area contributed by atoms with Crippen LogP contribution >= 0.6 is 23.6 Å². The van der Waals surface area contributed by atoms with Gasteiger partial charge in [-0.1, -0.05) is 12.1 Å². The summed E-state index contributed by atoms with van der Waals surface area (Å²) in [5, 5.41) is 12.2. The molecule has 2 heterocycles. The minimum absolute atomic E-state index is 0.0361. The predicted molar refractivity (Wildman–Crippen MR) is 103 cm³/mol. The largest absolute Gasteiger partial charge is 0.296 e. The van der Waals surface area contributed by atoms with Crippen molar-refractivity contribution in [3.63, 3.8) is 0 Å². The Kier molecular flexibility index (Phi) is 5.33. The normalized spacial score (nSPS) is 11.1. The van der Waals surface area contributed by atoms with Crippen LogP contribution in [0.3, 0.4) is 0 Å². The molecule has 27 heavy (non-hydrogen) atoms. The number of hydrogen-bond acceptors (Lipinski definition) is 7. The average molecular weight is 404 g/mol. The number of hydrogen-bond donors (Lipinski definition) is 1. The van der Waals surface area contributed by atoms with Gasteiger partial charge in [0, 0.05) is 12.3 Å². The molecule has 0 fully saturated rings. The van der Waals surface area contributed by atoms with E-state index in [1.807, 2.05) is 0 Å². The molecule has 0 aliphatic heterocycles. The maximum atomic E-state index is 14.1. The number of carbonyl (C=O) groups excluding carboxylic acids is 1. The Hall–Kier alpha value is -3.05. The maximum Gasteiger partial charge on any atom is 0.296 e. The van der Waals surface area contributed by atoms with Gasteiger partial charge < -0.3 is 0 Å². The molecule has 3 rings (SSSR count). The van der Waals surface area contributed by atoms with Gasteiger partial charge in [0.15, 0.2) is 5.13 Å². The third-order valence-corrected chi connectivity index (χ3v) is 4.54. The number of thiazole rings is 1. The third kappa shape index (κ3) is 3.88. The minimum Gasteiger partial charge on any atom is -0.274 e. The number of nitrogens with one attached hydrogen (secondary N) is 1. The number of H-pyrrole nitrogens is 1. The Morgan fingerprint density at radius 3 is 2.89 bits per heavy atom. The predicted octanol–water partition coefficient (Wildman–Crippen LogP) is 2.77. The Morgan fingerprint density at radius 1 is 1.44 bits per heavy atom. The second-order valence-electron chi connectivity index (χ2n) is 5.34. The van der Waals surface area contributed by atoms with Crippen molar-refractivity contribution in [1.82, 2.24) is 19.9 Å². The minimum atomic E-state index is -0.539. The summed E-state index contributed by atoms with van der Waals surface area (Å²) in [6, 6.07) is 5.92. The fourth-order valence-corrected chi connectivity index (χ4v) is 3.18. The molecule has 0 atom stereocenters. The molecule has 3 aromatic rings. The van der Waals surface area contributed by atoms with Crippen LogP contribution in [0.2, 0.25) is 0 Å². The van der Waals surface area contributed by atoms with Crippen molar-refractivity contribution in [1.29, 1.82) is 0 Å². The van der Waals surface area contributed by atoms with Gasteiger partial charge in [-0.25, -0.2) is 9.37 Å². The number of nitrogens with zero attached hydrogens (tertiary/aromatic N) is 5. The van der Waals surface area contributed by atoms with E-state index >= 15 is 0 Å². The van der Waals surface area contributed by atoms with E-state index in [-0.39, 0.29) is 27.2 Å². The van der Waals surface area contributed by atoms with Crippen LogP contribution in [0.4, 0.5) is 15.2 Å². The topological polar surface area (TPSA) is 96.2 Å². The van der Waals surface area contributed by atoms with E-state index in [4.69, 9.17) is 12.2 Å². The quantitative estimate of drug-likeness (QED) is 0.533. The zero-order valence-corrected chi connectivity index (χ0v) is 15.8. The van der Waals surface area contributed by atoms with Gasteiger partial charge in [-0.2, -0.15) is 14.9 Å². The summed E-state index contributed by atoms with van der Waals surface area (Å²) in [4.78, 5) is 29.5. The van der Waals surface area contributed by atoms with Crippen LogP contribution in [0.15, 0.2) is 39.5 Å². The number of carbonyl (C=O) groups is 1. The summed E-state index contributed by atoms with van der Waals surface area (Å²) < 4.78 is 15.1. The Balaban J connectivity index is 1.96. The molecular formula is C16H13FN6O2S2. The molecule has 2 aromatic heterocycles.